The minimum atomic E-state index is -0.454. The average Bonchev–Trinajstić information content (AvgIpc) is 3.37. The van der Waals surface area contributed by atoms with Gasteiger partial charge in [-0.3, -0.25) is 4.79 Å². The number of rotatable bonds is 9. The molecule has 2 atom stereocenters. The molecule has 152 valence electrons. The third-order valence-corrected chi connectivity index (χ3v) is 6.00. The molecule has 0 bridgehead atoms. The van der Waals surface area contributed by atoms with E-state index in [0.29, 0.717) is 32.0 Å². The number of hydrogen-bond acceptors (Lipinski definition) is 6. The SMILES string of the molecule is CCN(CC)CCNC(=O)[C@@]1(Cc2cc([C@@H]3CCOC3)no2)CCCNC1. The first kappa shape index (κ1) is 20.3. The van der Waals surface area contributed by atoms with Gasteiger partial charge in [0.1, 0.15) is 5.76 Å². The second-order valence-electron chi connectivity index (χ2n) is 7.80. The predicted molar refractivity (Wildman–Crippen MR) is 104 cm³/mol. The number of likely N-dealkylation sites (N-methyl/N-ethyl adjacent to an activating group) is 1. The predicted octanol–water partition coefficient (Wildman–Crippen LogP) is 1.55. The quantitative estimate of drug-likeness (QED) is 0.679. The van der Waals surface area contributed by atoms with Crippen LogP contribution in [0.2, 0.25) is 0 Å². The summed E-state index contributed by atoms with van der Waals surface area (Å²) in [5, 5.41) is 10.8. The van der Waals surface area contributed by atoms with Gasteiger partial charge in [0.15, 0.2) is 0 Å². The van der Waals surface area contributed by atoms with Crippen LogP contribution in [0.25, 0.3) is 0 Å². The van der Waals surface area contributed by atoms with E-state index in [4.69, 9.17) is 9.26 Å². The van der Waals surface area contributed by atoms with Crippen molar-refractivity contribution in [2.75, 3.05) is 52.5 Å². The van der Waals surface area contributed by atoms with Crippen molar-refractivity contribution in [3.63, 3.8) is 0 Å². The zero-order valence-electron chi connectivity index (χ0n) is 16.8. The summed E-state index contributed by atoms with van der Waals surface area (Å²) < 4.78 is 11.1. The van der Waals surface area contributed by atoms with Crippen LogP contribution in [0.3, 0.4) is 0 Å². The Bertz CT molecular complexity index is 588. The van der Waals surface area contributed by atoms with E-state index < -0.39 is 5.41 Å². The normalized spacial score (nSPS) is 25.8. The molecular formula is C20H34N4O3. The van der Waals surface area contributed by atoms with Crippen LogP contribution in [-0.2, 0) is 16.0 Å². The van der Waals surface area contributed by atoms with Crippen LogP contribution in [0.15, 0.2) is 10.6 Å². The fourth-order valence-corrected chi connectivity index (χ4v) is 4.15. The number of carbonyl (C=O) groups is 1. The van der Waals surface area contributed by atoms with Crippen molar-refractivity contribution in [3.05, 3.63) is 17.5 Å². The fraction of sp³-hybridized carbons (Fsp3) is 0.800. The molecule has 0 aromatic carbocycles. The maximum atomic E-state index is 13.1. The zero-order chi connectivity index (χ0) is 19.1. The van der Waals surface area contributed by atoms with Crippen LogP contribution < -0.4 is 10.6 Å². The lowest BCUT2D eigenvalue weighted by Crippen LogP contribution is -2.52. The van der Waals surface area contributed by atoms with Gasteiger partial charge in [0.2, 0.25) is 5.91 Å². The van der Waals surface area contributed by atoms with Gasteiger partial charge in [0.25, 0.3) is 0 Å². The summed E-state index contributed by atoms with van der Waals surface area (Å²) in [6, 6.07) is 2.03. The molecule has 0 aliphatic carbocycles. The lowest BCUT2D eigenvalue weighted by atomic mass is 9.76. The smallest absolute Gasteiger partial charge is 0.228 e. The Morgan fingerprint density at radius 3 is 2.96 bits per heavy atom. The first-order chi connectivity index (χ1) is 13.2. The third kappa shape index (κ3) is 5.09. The van der Waals surface area contributed by atoms with Crippen molar-refractivity contribution in [1.29, 1.82) is 0 Å². The first-order valence-corrected chi connectivity index (χ1v) is 10.4. The number of nitrogens with one attached hydrogen (secondary N) is 2. The first-order valence-electron chi connectivity index (χ1n) is 10.4. The minimum absolute atomic E-state index is 0.129. The Morgan fingerprint density at radius 1 is 1.44 bits per heavy atom. The van der Waals surface area contributed by atoms with E-state index in [1.54, 1.807) is 0 Å². The molecule has 2 fully saturated rings. The Kier molecular flexibility index (Phi) is 7.26. The highest BCUT2D eigenvalue weighted by molar-refractivity contribution is 5.83. The molecule has 2 saturated heterocycles. The second kappa shape index (κ2) is 9.66. The summed E-state index contributed by atoms with van der Waals surface area (Å²) in [5.41, 5.74) is 0.508. The molecule has 7 heteroatoms. The van der Waals surface area contributed by atoms with E-state index in [-0.39, 0.29) is 5.91 Å². The van der Waals surface area contributed by atoms with Crippen LogP contribution in [0, 0.1) is 5.41 Å². The van der Waals surface area contributed by atoms with Gasteiger partial charge in [-0.1, -0.05) is 19.0 Å². The van der Waals surface area contributed by atoms with Gasteiger partial charge in [-0.25, -0.2) is 0 Å². The number of hydrogen-bond donors (Lipinski definition) is 2. The molecule has 1 aromatic rings. The van der Waals surface area contributed by atoms with Crippen LogP contribution in [0.1, 0.15) is 50.5 Å². The highest BCUT2D eigenvalue weighted by Gasteiger charge is 2.41. The molecule has 2 aliphatic rings. The number of amides is 1. The van der Waals surface area contributed by atoms with Gasteiger partial charge >= 0.3 is 0 Å². The van der Waals surface area contributed by atoms with Crippen molar-refractivity contribution in [2.24, 2.45) is 5.41 Å². The molecule has 7 nitrogen and oxygen atoms in total. The van der Waals surface area contributed by atoms with E-state index in [9.17, 15) is 4.79 Å². The van der Waals surface area contributed by atoms with Gasteiger partial charge in [0, 0.05) is 44.6 Å². The second-order valence-corrected chi connectivity index (χ2v) is 7.80. The number of nitrogens with zero attached hydrogens (tertiary/aromatic N) is 2. The number of piperidine rings is 1. The Hall–Kier alpha value is -1.44. The Labute approximate surface area is 162 Å². The van der Waals surface area contributed by atoms with Crippen molar-refractivity contribution >= 4 is 5.91 Å². The topological polar surface area (TPSA) is 79.6 Å². The maximum Gasteiger partial charge on any atom is 0.228 e. The summed E-state index contributed by atoms with van der Waals surface area (Å²) in [6.45, 7) is 11.0. The Balaban J connectivity index is 1.62. The molecule has 0 unspecified atom stereocenters. The molecule has 1 amide bonds. The summed E-state index contributed by atoms with van der Waals surface area (Å²) in [6.07, 6.45) is 3.46. The van der Waals surface area contributed by atoms with E-state index in [2.05, 4.69) is 34.5 Å². The molecular weight excluding hydrogens is 344 g/mol. The van der Waals surface area contributed by atoms with Gasteiger partial charge in [0.05, 0.1) is 17.7 Å². The standard InChI is InChI=1S/C20H34N4O3/c1-3-24(4-2)10-9-22-19(25)20(7-5-8-21-15-20)13-17-12-18(23-27-17)16-6-11-26-14-16/h12,16,21H,3-11,13-15H2,1-2H3,(H,22,25)/t16-,20-/m1/s1. The minimum Gasteiger partial charge on any atom is -0.381 e. The number of ether oxygens (including phenoxy) is 1. The average molecular weight is 379 g/mol. The van der Waals surface area contributed by atoms with E-state index in [0.717, 1.165) is 63.5 Å². The highest BCUT2D eigenvalue weighted by atomic mass is 16.5. The molecule has 3 heterocycles. The lowest BCUT2D eigenvalue weighted by Gasteiger charge is -2.35. The summed E-state index contributed by atoms with van der Waals surface area (Å²) in [7, 11) is 0. The summed E-state index contributed by atoms with van der Waals surface area (Å²) in [4.78, 5) is 15.4. The summed E-state index contributed by atoms with van der Waals surface area (Å²) in [5.74, 6) is 1.26. The molecule has 0 saturated carbocycles. The maximum absolute atomic E-state index is 13.1. The van der Waals surface area contributed by atoms with Crippen molar-refractivity contribution in [1.82, 2.24) is 20.7 Å². The Morgan fingerprint density at radius 2 is 2.30 bits per heavy atom. The number of carbonyl (C=O) groups excluding carboxylic acids is 1. The van der Waals surface area contributed by atoms with Crippen molar-refractivity contribution in [2.45, 2.75) is 45.4 Å². The third-order valence-electron chi connectivity index (χ3n) is 6.00. The van der Waals surface area contributed by atoms with Crippen LogP contribution >= 0.6 is 0 Å². The lowest BCUT2D eigenvalue weighted by molar-refractivity contribution is -0.132. The van der Waals surface area contributed by atoms with Crippen LogP contribution in [0.5, 0.6) is 0 Å². The van der Waals surface area contributed by atoms with Gasteiger partial charge in [-0.05, 0) is 38.9 Å². The molecule has 2 aliphatic heterocycles. The van der Waals surface area contributed by atoms with E-state index >= 15 is 0 Å². The molecule has 3 rings (SSSR count). The summed E-state index contributed by atoms with van der Waals surface area (Å²) >= 11 is 0. The zero-order valence-corrected chi connectivity index (χ0v) is 16.8. The van der Waals surface area contributed by atoms with E-state index in [1.165, 1.54) is 0 Å². The van der Waals surface area contributed by atoms with Gasteiger partial charge in [-0.2, -0.15) is 0 Å². The molecule has 0 spiro atoms. The van der Waals surface area contributed by atoms with Crippen molar-refractivity contribution in [3.8, 4) is 0 Å². The number of aromatic nitrogens is 1. The molecule has 0 radical (unpaired) electrons. The van der Waals surface area contributed by atoms with Gasteiger partial charge in [-0.15, -0.1) is 0 Å². The van der Waals surface area contributed by atoms with Crippen LogP contribution in [-0.4, -0.2) is 68.4 Å². The fourth-order valence-electron chi connectivity index (χ4n) is 4.15. The van der Waals surface area contributed by atoms with Crippen LogP contribution in [0.4, 0.5) is 0 Å². The van der Waals surface area contributed by atoms with E-state index in [1.807, 2.05) is 6.07 Å². The van der Waals surface area contributed by atoms with Gasteiger partial charge < -0.3 is 24.8 Å². The van der Waals surface area contributed by atoms with Crippen molar-refractivity contribution < 1.29 is 14.1 Å². The highest BCUT2D eigenvalue weighted by Crippen LogP contribution is 2.33. The molecule has 27 heavy (non-hydrogen) atoms. The molecule has 2 N–H and O–H groups in total. The monoisotopic (exact) mass is 378 g/mol. The molecule has 1 aromatic heterocycles. The largest absolute Gasteiger partial charge is 0.381 e.